The normalized spacial score (nSPS) is 15.1. The van der Waals surface area contributed by atoms with E-state index < -0.39 is 23.8 Å². The molecule has 0 saturated carbocycles. The van der Waals surface area contributed by atoms with Gasteiger partial charge in [0.25, 0.3) is 11.8 Å². The van der Waals surface area contributed by atoms with Crippen LogP contribution in [0.25, 0.3) is 0 Å². The molecule has 8 heteroatoms. The summed E-state index contributed by atoms with van der Waals surface area (Å²) >= 11 is 0. The second kappa shape index (κ2) is 8.35. The van der Waals surface area contributed by atoms with Gasteiger partial charge in [0, 0.05) is 6.20 Å². The van der Waals surface area contributed by atoms with Crippen molar-refractivity contribution >= 4 is 35.1 Å². The summed E-state index contributed by atoms with van der Waals surface area (Å²) in [6.45, 7) is 0. The van der Waals surface area contributed by atoms with Crippen LogP contribution in [0.5, 0.6) is 0 Å². The van der Waals surface area contributed by atoms with Crippen LogP contribution in [0.3, 0.4) is 0 Å². The van der Waals surface area contributed by atoms with Gasteiger partial charge in [0.2, 0.25) is 0 Å². The molecule has 32 heavy (non-hydrogen) atoms. The van der Waals surface area contributed by atoms with Crippen LogP contribution in [0, 0.1) is 0 Å². The highest BCUT2D eigenvalue weighted by molar-refractivity contribution is 6.35. The van der Waals surface area contributed by atoms with Crippen molar-refractivity contribution in [3.05, 3.63) is 95.4 Å². The first-order valence-electron chi connectivity index (χ1n) is 9.61. The minimum absolute atomic E-state index is 0.0403. The standard InChI is InChI=1S/C24H18N2O6/c1-31-23(29)17-11-7-8-14-25(20(17)24(30)32-2)18-12-5-6-13-19(18)26-21(27)15-9-3-4-10-16(15)22(26)28/h3-14H,1-2H3. The second-order valence-corrected chi connectivity index (χ2v) is 6.80. The minimum Gasteiger partial charge on any atom is -0.465 e. The van der Waals surface area contributed by atoms with Crippen molar-refractivity contribution in [2.45, 2.75) is 0 Å². The maximum atomic E-state index is 13.1. The van der Waals surface area contributed by atoms with Gasteiger partial charge in [-0.15, -0.1) is 0 Å². The zero-order valence-corrected chi connectivity index (χ0v) is 17.3. The molecule has 0 unspecified atom stereocenters. The second-order valence-electron chi connectivity index (χ2n) is 6.80. The number of allylic oxidation sites excluding steroid dienone is 2. The Hall–Kier alpha value is -4.46. The summed E-state index contributed by atoms with van der Waals surface area (Å²) < 4.78 is 9.75. The maximum absolute atomic E-state index is 13.1. The molecule has 0 N–H and O–H groups in total. The molecular formula is C24H18N2O6. The molecule has 2 aromatic rings. The Balaban J connectivity index is 1.90. The number of rotatable bonds is 4. The number of fused-ring (bicyclic) bond motifs is 1. The van der Waals surface area contributed by atoms with E-state index in [-0.39, 0.29) is 17.0 Å². The number of hydrogen-bond acceptors (Lipinski definition) is 7. The topological polar surface area (TPSA) is 93.2 Å². The Kier molecular flexibility index (Phi) is 5.43. The molecule has 0 fully saturated rings. The third kappa shape index (κ3) is 3.27. The van der Waals surface area contributed by atoms with Crippen LogP contribution in [-0.4, -0.2) is 38.0 Å². The molecule has 0 bridgehead atoms. The zero-order valence-electron chi connectivity index (χ0n) is 17.3. The van der Waals surface area contributed by atoms with Crippen molar-refractivity contribution in [3.8, 4) is 0 Å². The summed E-state index contributed by atoms with van der Waals surface area (Å²) in [6, 6.07) is 13.1. The molecule has 0 spiro atoms. The third-order valence-electron chi connectivity index (χ3n) is 5.07. The van der Waals surface area contributed by atoms with Gasteiger partial charge >= 0.3 is 11.9 Å². The smallest absolute Gasteiger partial charge is 0.355 e. The van der Waals surface area contributed by atoms with Crippen molar-refractivity contribution in [1.82, 2.24) is 0 Å². The molecule has 2 aromatic carbocycles. The molecule has 2 amide bonds. The van der Waals surface area contributed by atoms with Crippen LogP contribution in [-0.2, 0) is 19.1 Å². The van der Waals surface area contributed by atoms with E-state index in [1.54, 1.807) is 60.7 Å². The van der Waals surface area contributed by atoms with Crippen LogP contribution in [0.1, 0.15) is 20.7 Å². The number of methoxy groups -OCH3 is 2. The molecule has 0 aromatic heterocycles. The maximum Gasteiger partial charge on any atom is 0.355 e. The summed E-state index contributed by atoms with van der Waals surface area (Å²) in [5.74, 6) is -2.49. The highest BCUT2D eigenvalue weighted by Gasteiger charge is 2.39. The molecule has 2 heterocycles. The largest absolute Gasteiger partial charge is 0.465 e. The van der Waals surface area contributed by atoms with Crippen molar-refractivity contribution in [1.29, 1.82) is 0 Å². The Morgan fingerprint density at radius 2 is 1.31 bits per heavy atom. The van der Waals surface area contributed by atoms with Gasteiger partial charge in [0.1, 0.15) is 5.70 Å². The van der Waals surface area contributed by atoms with Crippen molar-refractivity contribution in [2.24, 2.45) is 0 Å². The fourth-order valence-electron chi connectivity index (χ4n) is 3.62. The fourth-order valence-corrected chi connectivity index (χ4v) is 3.62. The van der Waals surface area contributed by atoms with E-state index in [1.807, 2.05) is 0 Å². The molecule has 0 aliphatic carbocycles. The quantitative estimate of drug-likeness (QED) is 0.544. The highest BCUT2D eigenvalue weighted by Crippen LogP contribution is 2.38. The number of benzene rings is 2. The van der Waals surface area contributed by atoms with E-state index in [2.05, 4.69) is 0 Å². The van der Waals surface area contributed by atoms with Crippen LogP contribution in [0.4, 0.5) is 11.4 Å². The number of ether oxygens (including phenoxy) is 2. The lowest BCUT2D eigenvalue weighted by Crippen LogP contribution is -2.33. The number of carbonyl (C=O) groups excluding carboxylic acids is 4. The number of para-hydroxylation sites is 2. The van der Waals surface area contributed by atoms with Gasteiger partial charge in [0.05, 0.1) is 42.3 Å². The molecule has 0 radical (unpaired) electrons. The Morgan fingerprint density at radius 1 is 0.750 bits per heavy atom. The summed E-state index contributed by atoms with van der Waals surface area (Å²) in [6.07, 6.45) is 6.15. The van der Waals surface area contributed by atoms with Crippen LogP contribution < -0.4 is 9.80 Å². The predicted octanol–water partition coefficient (Wildman–Crippen LogP) is 2.98. The monoisotopic (exact) mass is 430 g/mol. The zero-order chi connectivity index (χ0) is 22.8. The third-order valence-corrected chi connectivity index (χ3v) is 5.07. The molecular weight excluding hydrogens is 412 g/mol. The van der Waals surface area contributed by atoms with Crippen molar-refractivity contribution in [2.75, 3.05) is 24.0 Å². The van der Waals surface area contributed by atoms with Gasteiger partial charge in [0.15, 0.2) is 0 Å². The Morgan fingerprint density at radius 3 is 1.91 bits per heavy atom. The van der Waals surface area contributed by atoms with E-state index in [1.165, 1.54) is 31.4 Å². The van der Waals surface area contributed by atoms with Gasteiger partial charge < -0.3 is 14.4 Å². The molecule has 2 aliphatic heterocycles. The van der Waals surface area contributed by atoms with Crippen molar-refractivity contribution < 1.29 is 28.7 Å². The number of amides is 2. The number of nitrogens with zero attached hydrogens (tertiary/aromatic N) is 2. The molecule has 4 rings (SSSR count). The van der Waals surface area contributed by atoms with Gasteiger partial charge in [-0.25, -0.2) is 14.5 Å². The summed E-state index contributed by atoms with van der Waals surface area (Å²) in [7, 11) is 2.39. The van der Waals surface area contributed by atoms with E-state index in [0.717, 1.165) is 4.90 Å². The summed E-state index contributed by atoms with van der Waals surface area (Å²) in [4.78, 5) is 53.8. The first kappa shape index (κ1) is 20.8. The van der Waals surface area contributed by atoms with Crippen molar-refractivity contribution in [3.63, 3.8) is 0 Å². The number of imide groups is 1. The first-order valence-corrected chi connectivity index (χ1v) is 9.61. The predicted molar refractivity (Wildman–Crippen MR) is 116 cm³/mol. The average molecular weight is 430 g/mol. The van der Waals surface area contributed by atoms with Gasteiger partial charge in [-0.2, -0.15) is 0 Å². The van der Waals surface area contributed by atoms with Gasteiger partial charge in [-0.3, -0.25) is 9.59 Å². The molecule has 0 atom stereocenters. The number of hydrogen-bond donors (Lipinski definition) is 0. The van der Waals surface area contributed by atoms with Crippen LogP contribution in [0.2, 0.25) is 0 Å². The highest BCUT2D eigenvalue weighted by atomic mass is 16.5. The Bertz CT molecular complexity index is 1210. The number of esters is 2. The average Bonchev–Trinajstić information content (AvgIpc) is 2.97. The van der Waals surface area contributed by atoms with Gasteiger partial charge in [-0.05, 0) is 36.4 Å². The number of carbonyl (C=O) groups is 4. The van der Waals surface area contributed by atoms with Crippen LogP contribution in [0.15, 0.2) is 84.2 Å². The molecule has 2 aliphatic rings. The van der Waals surface area contributed by atoms with E-state index in [4.69, 9.17) is 9.47 Å². The Labute approximate surface area is 183 Å². The summed E-state index contributed by atoms with van der Waals surface area (Å²) in [5, 5.41) is 0. The van der Waals surface area contributed by atoms with E-state index >= 15 is 0 Å². The lowest BCUT2D eigenvalue weighted by Gasteiger charge is -2.27. The fraction of sp³-hybridized carbons (Fsp3) is 0.0833. The summed E-state index contributed by atoms with van der Waals surface area (Å²) in [5.41, 5.74) is 0.994. The first-order chi connectivity index (χ1) is 15.5. The molecule has 8 nitrogen and oxygen atoms in total. The molecule has 160 valence electrons. The number of anilines is 2. The van der Waals surface area contributed by atoms with Crippen LogP contribution >= 0.6 is 0 Å². The minimum atomic E-state index is -0.793. The molecule has 0 saturated heterocycles. The van der Waals surface area contributed by atoms with Gasteiger partial charge in [-0.1, -0.05) is 30.3 Å². The van der Waals surface area contributed by atoms with E-state index in [0.29, 0.717) is 16.8 Å². The lowest BCUT2D eigenvalue weighted by atomic mass is 10.1. The SMILES string of the molecule is COC(=O)C1=C(C(=O)OC)N(c2ccccc2N2C(=O)c3ccccc3C2=O)C=CC=C1. The lowest BCUT2D eigenvalue weighted by molar-refractivity contribution is -0.139. The van der Waals surface area contributed by atoms with E-state index in [9.17, 15) is 19.2 Å².